The zero-order valence-electron chi connectivity index (χ0n) is 10.6. The molecule has 94 valence electrons. The van der Waals surface area contributed by atoms with Gasteiger partial charge in [0.25, 0.3) is 0 Å². The molecule has 0 atom stereocenters. The summed E-state index contributed by atoms with van der Waals surface area (Å²) < 4.78 is 0. The van der Waals surface area contributed by atoms with Crippen molar-refractivity contribution >= 4 is 22.6 Å². The van der Waals surface area contributed by atoms with Crippen LogP contribution in [0.2, 0.25) is 0 Å². The summed E-state index contributed by atoms with van der Waals surface area (Å²) in [6.07, 6.45) is 1.72. The predicted molar refractivity (Wildman–Crippen MR) is 72.3 cm³/mol. The molecular weight excluding hydrogens is 228 g/mol. The normalized spacial score (nSPS) is 10.6. The number of aromatic nitrogens is 1. The van der Waals surface area contributed by atoms with Crippen LogP contribution in [0.1, 0.15) is 24.2 Å². The van der Waals surface area contributed by atoms with E-state index < -0.39 is 5.97 Å². The van der Waals surface area contributed by atoms with Crippen molar-refractivity contribution in [1.82, 2.24) is 4.98 Å². The topological polar surface area (TPSA) is 53.4 Å². The summed E-state index contributed by atoms with van der Waals surface area (Å²) in [5, 5.41) is 10.9. The van der Waals surface area contributed by atoms with Crippen LogP contribution in [0.25, 0.3) is 10.8 Å². The molecule has 2 rings (SSSR count). The second-order valence-electron chi connectivity index (χ2n) is 4.02. The van der Waals surface area contributed by atoms with E-state index in [0.29, 0.717) is 5.56 Å². The largest absolute Gasteiger partial charge is 0.478 e. The highest BCUT2D eigenvalue weighted by molar-refractivity contribution is 6.08. The molecule has 4 nitrogen and oxygen atoms in total. The molecule has 0 bridgehead atoms. The average molecular weight is 244 g/mol. The fourth-order valence-corrected chi connectivity index (χ4v) is 2.15. The summed E-state index contributed by atoms with van der Waals surface area (Å²) in [5.41, 5.74) is 0.308. The molecule has 1 heterocycles. The molecule has 0 aliphatic rings. The van der Waals surface area contributed by atoms with Crippen LogP contribution in [-0.4, -0.2) is 29.1 Å². The van der Waals surface area contributed by atoms with Crippen LogP contribution < -0.4 is 4.90 Å². The van der Waals surface area contributed by atoms with Gasteiger partial charge < -0.3 is 10.0 Å². The number of anilines is 1. The molecule has 1 aromatic heterocycles. The third kappa shape index (κ3) is 2.01. The first kappa shape index (κ1) is 12.4. The number of aromatic carboxylic acids is 1. The Hall–Kier alpha value is -2.10. The highest BCUT2D eigenvalue weighted by Crippen LogP contribution is 2.27. The number of pyridine rings is 1. The van der Waals surface area contributed by atoms with Crippen LogP contribution in [0.4, 0.5) is 5.82 Å². The van der Waals surface area contributed by atoms with Gasteiger partial charge in [0, 0.05) is 24.7 Å². The van der Waals surface area contributed by atoms with E-state index in [1.807, 2.05) is 26.0 Å². The van der Waals surface area contributed by atoms with Crippen LogP contribution in [0.3, 0.4) is 0 Å². The highest BCUT2D eigenvalue weighted by Gasteiger charge is 2.15. The number of hydrogen-bond donors (Lipinski definition) is 1. The van der Waals surface area contributed by atoms with Crippen LogP contribution in [0.15, 0.2) is 30.5 Å². The Morgan fingerprint density at radius 2 is 2.00 bits per heavy atom. The lowest BCUT2D eigenvalue weighted by Gasteiger charge is -2.22. The lowest BCUT2D eigenvalue weighted by Crippen LogP contribution is -2.23. The van der Waals surface area contributed by atoms with Gasteiger partial charge in [0.1, 0.15) is 5.82 Å². The van der Waals surface area contributed by atoms with Crippen molar-refractivity contribution in [2.75, 3.05) is 18.0 Å². The summed E-state index contributed by atoms with van der Waals surface area (Å²) >= 11 is 0. The third-order valence-corrected chi connectivity index (χ3v) is 3.06. The lowest BCUT2D eigenvalue weighted by molar-refractivity contribution is 0.0699. The molecule has 0 aliphatic heterocycles. The van der Waals surface area contributed by atoms with Gasteiger partial charge >= 0.3 is 5.97 Å². The van der Waals surface area contributed by atoms with E-state index >= 15 is 0 Å². The fraction of sp³-hybridized carbons (Fsp3) is 0.286. The number of fused-ring (bicyclic) bond motifs is 1. The van der Waals surface area contributed by atoms with Gasteiger partial charge in [-0.2, -0.15) is 0 Å². The molecule has 2 aromatic rings. The van der Waals surface area contributed by atoms with Crippen molar-refractivity contribution in [2.45, 2.75) is 13.8 Å². The first-order valence-electron chi connectivity index (χ1n) is 6.05. The molecule has 1 N–H and O–H groups in total. The first-order chi connectivity index (χ1) is 8.69. The monoisotopic (exact) mass is 244 g/mol. The summed E-state index contributed by atoms with van der Waals surface area (Å²) in [4.78, 5) is 17.7. The molecule has 0 fully saturated rings. The second-order valence-corrected chi connectivity index (χ2v) is 4.02. The second kappa shape index (κ2) is 5.04. The Morgan fingerprint density at radius 3 is 2.61 bits per heavy atom. The van der Waals surface area contributed by atoms with E-state index in [-0.39, 0.29) is 0 Å². The first-order valence-corrected chi connectivity index (χ1v) is 6.05. The number of carboxylic acid groups (broad SMARTS) is 1. The van der Waals surface area contributed by atoms with E-state index in [0.717, 1.165) is 29.7 Å². The third-order valence-electron chi connectivity index (χ3n) is 3.06. The molecular formula is C14H16N2O2. The van der Waals surface area contributed by atoms with Gasteiger partial charge in [0.15, 0.2) is 0 Å². The minimum absolute atomic E-state index is 0.308. The van der Waals surface area contributed by atoms with Gasteiger partial charge in [-0.3, -0.25) is 0 Å². The van der Waals surface area contributed by atoms with Gasteiger partial charge in [-0.15, -0.1) is 0 Å². The predicted octanol–water partition coefficient (Wildman–Crippen LogP) is 2.78. The molecule has 0 radical (unpaired) electrons. The van der Waals surface area contributed by atoms with Crippen molar-refractivity contribution in [3.63, 3.8) is 0 Å². The molecule has 0 unspecified atom stereocenters. The number of benzene rings is 1. The summed E-state index contributed by atoms with van der Waals surface area (Å²) in [7, 11) is 0. The van der Waals surface area contributed by atoms with Gasteiger partial charge in [0.2, 0.25) is 0 Å². The maximum atomic E-state index is 11.3. The standard InChI is InChI=1S/C14H16N2O2/c1-3-16(4-2)13-12-10(8-9-15-13)6-5-7-11(12)14(17)18/h5-9H,3-4H2,1-2H3,(H,17,18). The summed E-state index contributed by atoms with van der Waals surface area (Å²) in [6, 6.07) is 7.14. The minimum Gasteiger partial charge on any atom is -0.478 e. The summed E-state index contributed by atoms with van der Waals surface area (Å²) in [5.74, 6) is -0.169. The average Bonchev–Trinajstić information content (AvgIpc) is 2.39. The van der Waals surface area contributed by atoms with E-state index in [2.05, 4.69) is 9.88 Å². The molecule has 4 heteroatoms. The molecule has 1 aromatic carbocycles. The van der Waals surface area contributed by atoms with Crippen LogP contribution in [0.5, 0.6) is 0 Å². The Bertz CT molecular complexity index is 572. The Morgan fingerprint density at radius 1 is 1.28 bits per heavy atom. The smallest absolute Gasteiger partial charge is 0.336 e. The van der Waals surface area contributed by atoms with Gasteiger partial charge in [-0.25, -0.2) is 9.78 Å². The lowest BCUT2D eigenvalue weighted by atomic mass is 10.1. The van der Waals surface area contributed by atoms with Gasteiger partial charge in [-0.05, 0) is 31.4 Å². The maximum Gasteiger partial charge on any atom is 0.336 e. The van der Waals surface area contributed by atoms with Crippen LogP contribution in [-0.2, 0) is 0 Å². The van der Waals surface area contributed by atoms with Crippen LogP contribution in [0, 0.1) is 0 Å². The maximum absolute atomic E-state index is 11.3. The molecule has 0 aliphatic carbocycles. The van der Waals surface area contributed by atoms with E-state index in [1.165, 1.54) is 0 Å². The number of hydrogen-bond acceptors (Lipinski definition) is 3. The SMILES string of the molecule is CCN(CC)c1nccc2cccc(C(=O)O)c12. The quantitative estimate of drug-likeness (QED) is 0.898. The summed E-state index contributed by atoms with van der Waals surface area (Å²) in [6.45, 7) is 5.67. The number of nitrogens with zero attached hydrogens (tertiary/aromatic N) is 2. The number of carboxylic acids is 1. The van der Waals surface area contributed by atoms with Crippen LogP contribution >= 0.6 is 0 Å². The number of carbonyl (C=O) groups is 1. The fourth-order valence-electron chi connectivity index (χ4n) is 2.15. The molecule has 0 saturated heterocycles. The zero-order valence-corrected chi connectivity index (χ0v) is 10.6. The van der Waals surface area contributed by atoms with Crippen molar-refractivity contribution in [2.24, 2.45) is 0 Å². The Kier molecular flexibility index (Phi) is 3.46. The Balaban J connectivity index is 2.77. The van der Waals surface area contributed by atoms with Gasteiger partial charge in [-0.1, -0.05) is 12.1 Å². The molecule has 0 spiro atoms. The minimum atomic E-state index is -0.915. The van der Waals surface area contributed by atoms with E-state index in [9.17, 15) is 9.90 Å². The zero-order chi connectivity index (χ0) is 13.1. The van der Waals surface area contributed by atoms with Gasteiger partial charge in [0.05, 0.1) is 5.56 Å². The van der Waals surface area contributed by atoms with Crippen molar-refractivity contribution < 1.29 is 9.90 Å². The highest BCUT2D eigenvalue weighted by atomic mass is 16.4. The van der Waals surface area contributed by atoms with E-state index in [1.54, 1.807) is 18.3 Å². The Labute approximate surface area is 106 Å². The molecule has 0 saturated carbocycles. The van der Waals surface area contributed by atoms with Crippen molar-refractivity contribution in [3.8, 4) is 0 Å². The van der Waals surface area contributed by atoms with Crippen molar-refractivity contribution in [3.05, 3.63) is 36.0 Å². The molecule has 0 amide bonds. The molecule has 18 heavy (non-hydrogen) atoms. The van der Waals surface area contributed by atoms with E-state index in [4.69, 9.17) is 0 Å². The number of rotatable bonds is 4. The van der Waals surface area contributed by atoms with Crippen molar-refractivity contribution in [1.29, 1.82) is 0 Å².